The lowest BCUT2D eigenvalue weighted by Crippen LogP contribution is -2.14. The monoisotopic (exact) mass is 362 g/mol. The molecule has 0 spiro atoms. The Morgan fingerprint density at radius 2 is 1.96 bits per heavy atom. The second-order valence-electron chi connectivity index (χ2n) is 7.72. The van der Waals surface area contributed by atoms with Gasteiger partial charge in [0.2, 0.25) is 0 Å². The van der Waals surface area contributed by atoms with E-state index in [4.69, 9.17) is 0 Å². The largest absolute Gasteiger partial charge is 0.481 e. The lowest BCUT2D eigenvalue weighted by Gasteiger charge is -2.17. The van der Waals surface area contributed by atoms with Crippen molar-refractivity contribution >= 4 is 28.2 Å². The van der Waals surface area contributed by atoms with Crippen molar-refractivity contribution in [3.05, 3.63) is 59.8 Å². The zero-order chi connectivity index (χ0) is 18.8. The minimum atomic E-state index is -0.716. The fraction of sp³-hybridized carbons (Fsp3) is 0.348. The Kier molecular flexibility index (Phi) is 4.88. The van der Waals surface area contributed by atoms with Crippen molar-refractivity contribution in [2.24, 2.45) is 5.92 Å². The van der Waals surface area contributed by atoms with Gasteiger partial charge in [0.15, 0.2) is 0 Å². The standard InChI is InChI=1S/C23H26N2O2/c1-15-11-18-20(19(23(26)27)12-16-7-5-6-8-16)14-24-22(18)13-21(15)25-17-9-3-2-4-10-17/h2-4,9-11,13-14,16,19,24-25H,5-8,12H2,1H3,(H,26,27). The van der Waals surface area contributed by atoms with E-state index in [1.54, 1.807) is 0 Å². The molecular weight excluding hydrogens is 336 g/mol. The molecule has 0 amide bonds. The van der Waals surface area contributed by atoms with Crippen LogP contribution in [-0.4, -0.2) is 16.1 Å². The van der Waals surface area contributed by atoms with Crippen LogP contribution >= 0.6 is 0 Å². The average Bonchev–Trinajstić information content (AvgIpc) is 3.30. The number of hydrogen-bond acceptors (Lipinski definition) is 2. The maximum atomic E-state index is 12.0. The molecular formula is C23H26N2O2. The molecule has 1 saturated carbocycles. The summed E-state index contributed by atoms with van der Waals surface area (Å²) in [5.74, 6) is -0.614. The Hall–Kier alpha value is -2.75. The summed E-state index contributed by atoms with van der Waals surface area (Å²) in [6.07, 6.45) is 7.43. The van der Waals surface area contributed by atoms with E-state index in [0.717, 1.165) is 52.7 Å². The minimum absolute atomic E-state index is 0.436. The second kappa shape index (κ2) is 7.47. The topological polar surface area (TPSA) is 65.1 Å². The number of nitrogens with one attached hydrogen (secondary N) is 2. The molecule has 4 nitrogen and oxygen atoms in total. The Labute approximate surface area is 159 Å². The smallest absolute Gasteiger partial charge is 0.311 e. The third-order valence-corrected chi connectivity index (χ3v) is 5.83. The summed E-state index contributed by atoms with van der Waals surface area (Å²) in [5.41, 5.74) is 5.07. The third-order valence-electron chi connectivity index (χ3n) is 5.83. The maximum absolute atomic E-state index is 12.0. The number of aliphatic carboxylic acids is 1. The summed E-state index contributed by atoms with van der Waals surface area (Å²) >= 11 is 0. The van der Waals surface area contributed by atoms with Crippen LogP contribution in [0.2, 0.25) is 0 Å². The molecule has 1 fully saturated rings. The molecule has 1 aliphatic carbocycles. The van der Waals surface area contributed by atoms with Gasteiger partial charge in [-0.1, -0.05) is 43.9 Å². The minimum Gasteiger partial charge on any atom is -0.481 e. The summed E-state index contributed by atoms with van der Waals surface area (Å²) in [4.78, 5) is 15.3. The summed E-state index contributed by atoms with van der Waals surface area (Å²) < 4.78 is 0. The van der Waals surface area contributed by atoms with Gasteiger partial charge in [-0.3, -0.25) is 4.79 Å². The van der Waals surface area contributed by atoms with Crippen LogP contribution in [0.15, 0.2) is 48.7 Å². The number of hydrogen-bond donors (Lipinski definition) is 3. The number of carboxylic acids is 1. The Balaban J connectivity index is 1.66. The molecule has 1 unspecified atom stereocenters. The van der Waals surface area contributed by atoms with Crippen LogP contribution in [0, 0.1) is 12.8 Å². The van der Waals surface area contributed by atoms with Gasteiger partial charge in [0, 0.05) is 28.5 Å². The molecule has 3 aromatic rings. The first-order valence-electron chi connectivity index (χ1n) is 9.78. The van der Waals surface area contributed by atoms with Crippen LogP contribution in [0.3, 0.4) is 0 Å². The van der Waals surface area contributed by atoms with Gasteiger partial charge in [0.1, 0.15) is 0 Å². The molecule has 0 radical (unpaired) electrons. The number of carbonyl (C=O) groups is 1. The van der Waals surface area contributed by atoms with Crippen LogP contribution < -0.4 is 5.32 Å². The number of carboxylic acid groups (broad SMARTS) is 1. The highest BCUT2D eigenvalue weighted by Crippen LogP contribution is 2.38. The van der Waals surface area contributed by atoms with E-state index >= 15 is 0 Å². The van der Waals surface area contributed by atoms with Gasteiger partial charge < -0.3 is 15.4 Å². The lowest BCUT2D eigenvalue weighted by molar-refractivity contribution is -0.139. The van der Waals surface area contributed by atoms with Crippen molar-refractivity contribution in [3.8, 4) is 0 Å². The summed E-state index contributed by atoms with van der Waals surface area (Å²) in [5, 5.41) is 14.3. The number of anilines is 2. The molecule has 0 saturated heterocycles. The first-order valence-corrected chi connectivity index (χ1v) is 9.78. The van der Waals surface area contributed by atoms with Gasteiger partial charge in [-0.05, 0) is 54.7 Å². The van der Waals surface area contributed by atoms with Crippen molar-refractivity contribution in [2.45, 2.75) is 44.9 Å². The zero-order valence-corrected chi connectivity index (χ0v) is 15.7. The van der Waals surface area contributed by atoms with Crippen LogP contribution in [0.1, 0.15) is 49.1 Å². The number of benzene rings is 2. The van der Waals surface area contributed by atoms with Crippen LogP contribution in [0.25, 0.3) is 10.9 Å². The van der Waals surface area contributed by atoms with E-state index < -0.39 is 11.9 Å². The van der Waals surface area contributed by atoms with E-state index in [1.807, 2.05) is 36.5 Å². The summed E-state index contributed by atoms with van der Waals surface area (Å²) in [6.45, 7) is 2.06. The van der Waals surface area contributed by atoms with E-state index in [1.165, 1.54) is 12.8 Å². The lowest BCUT2D eigenvalue weighted by atomic mass is 9.87. The summed E-state index contributed by atoms with van der Waals surface area (Å²) in [7, 11) is 0. The predicted molar refractivity (Wildman–Crippen MR) is 110 cm³/mol. The number of fused-ring (bicyclic) bond motifs is 1. The molecule has 1 aromatic heterocycles. The quantitative estimate of drug-likeness (QED) is 0.506. The van der Waals surface area contributed by atoms with E-state index in [2.05, 4.69) is 29.4 Å². The molecule has 4 rings (SSSR count). The highest BCUT2D eigenvalue weighted by molar-refractivity contribution is 5.92. The van der Waals surface area contributed by atoms with Crippen molar-refractivity contribution in [1.82, 2.24) is 4.98 Å². The van der Waals surface area contributed by atoms with Gasteiger partial charge in [0.05, 0.1) is 5.92 Å². The molecule has 1 heterocycles. The first kappa shape index (κ1) is 17.7. The van der Waals surface area contributed by atoms with Gasteiger partial charge in [-0.25, -0.2) is 0 Å². The van der Waals surface area contributed by atoms with Crippen LogP contribution in [0.4, 0.5) is 11.4 Å². The molecule has 2 aromatic carbocycles. The van der Waals surface area contributed by atoms with Gasteiger partial charge in [-0.2, -0.15) is 0 Å². The molecule has 140 valence electrons. The number of para-hydroxylation sites is 1. The molecule has 1 aliphatic rings. The molecule has 0 bridgehead atoms. The second-order valence-corrected chi connectivity index (χ2v) is 7.72. The van der Waals surface area contributed by atoms with Crippen LogP contribution in [0.5, 0.6) is 0 Å². The third kappa shape index (κ3) is 3.70. The SMILES string of the molecule is Cc1cc2c(C(CC3CCCC3)C(=O)O)c[nH]c2cc1Nc1ccccc1. The van der Waals surface area contributed by atoms with Crippen molar-refractivity contribution < 1.29 is 9.90 Å². The molecule has 4 heteroatoms. The van der Waals surface area contributed by atoms with E-state index in [9.17, 15) is 9.90 Å². The van der Waals surface area contributed by atoms with Gasteiger partial charge in [-0.15, -0.1) is 0 Å². The average molecular weight is 362 g/mol. The van der Waals surface area contributed by atoms with Crippen molar-refractivity contribution in [1.29, 1.82) is 0 Å². The van der Waals surface area contributed by atoms with E-state index in [0.29, 0.717) is 5.92 Å². The predicted octanol–water partition coefficient (Wildman–Crippen LogP) is 5.97. The fourth-order valence-electron chi connectivity index (χ4n) is 4.34. The highest BCUT2D eigenvalue weighted by atomic mass is 16.4. The Morgan fingerprint density at radius 1 is 1.22 bits per heavy atom. The van der Waals surface area contributed by atoms with E-state index in [-0.39, 0.29) is 0 Å². The Morgan fingerprint density at radius 3 is 2.67 bits per heavy atom. The first-order chi connectivity index (χ1) is 13.1. The number of aromatic amines is 1. The van der Waals surface area contributed by atoms with Gasteiger partial charge >= 0.3 is 5.97 Å². The maximum Gasteiger partial charge on any atom is 0.311 e. The highest BCUT2D eigenvalue weighted by Gasteiger charge is 2.28. The number of aromatic nitrogens is 1. The molecule has 0 aliphatic heterocycles. The van der Waals surface area contributed by atoms with Crippen molar-refractivity contribution in [2.75, 3.05) is 5.32 Å². The number of aryl methyl sites for hydroxylation is 1. The molecule has 1 atom stereocenters. The zero-order valence-electron chi connectivity index (χ0n) is 15.7. The van der Waals surface area contributed by atoms with Gasteiger partial charge in [0.25, 0.3) is 0 Å². The fourth-order valence-corrected chi connectivity index (χ4v) is 4.34. The Bertz CT molecular complexity index is 940. The number of H-pyrrole nitrogens is 1. The molecule has 3 N–H and O–H groups in total. The molecule has 27 heavy (non-hydrogen) atoms. The van der Waals surface area contributed by atoms with Crippen molar-refractivity contribution in [3.63, 3.8) is 0 Å². The summed E-state index contributed by atoms with van der Waals surface area (Å²) in [6, 6.07) is 14.3. The normalized spacial score (nSPS) is 15.9. The number of rotatable bonds is 6. The van der Waals surface area contributed by atoms with Crippen LogP contribution in [-0.2, 0) is 4.79 Å².